The fraction of sp³-hybridized carbons (Fsp3) is 0.308. The molecule has 176 valence electrons. The number of rotatable bonds is 5. The van der Waals surface area contributed by atoms with E-state index in [2.05, 4.69) is 21.2 Å². The summed E-state index contributed by atoms with van der Waals surface area (Å²) in [6, 6.07) is 9.72. The van der Waals surface area contributed by atoms with Crippen LogP contribution in [0.1, 0.15) is 34.8 Å². The largest absolute Gasteiger partial charge is 0.452 e. The van der Waals surface area contributed by atoms with E-state index in [1.54, 1.807) is 12.1 Å². The van der Waals surface area contributed by atoms with Crippen molar-refractivity contribution in [2.24, 2.45) is 17.8 Å². The van der Waals surface area contributed by atoms with Crippen LogP contribution in [0.5, 0.6) is 0 Å². The lowest BCUT2D eigenvalue weighted by Gasteiger charge is -2.22. The number of carbonyl (C=O) groups is 4. The van der Waals surface area contributed by atoms with Gasteiger partial charge in [0.25, 0.3) is 5.91 Å². The molecule has 1 saturated heterocycles. The van der Waals surface area contributed by atoms with E-state index in [4.69, 9.17) is 4.74 Å². The average Bonchev–Trinajstić information content (AvgIpc) is 3.07. The number of imide groups is 1. The molecule has 0 spiro atoms. The van der Waals surface area contributed by atoms with Crippen LogP contribution in [-0.2, 0) is 19.1 Å². The molecule has 0 bridgehead atoms. The molecule has 2 aromatic carbocycles. The Morgan fingerprint density at radius 2 is 1.74 bits per heavy atom. The highest BCUT2D eigenvalue weighted by Crippen LogP contribution is 2.40. The molecule has 1 aliphatic carbocycles. The Morgan fingerprint density at radius 1 is 1.09 bits per heavy atom. The van der Waals surface area contributed by atoms with Crippen LogP contribution in [0.3, 0.4) is 0 Å². The second-order valence-corrected chi connectivity index (χ2v) is 9.56. The van der Waals surface area contributed by atoms with E-state index in [0.717, 1.165) is 15.6 Å². The third-order valence-electron chi connectivity index (χ3n) is 6.29. The van der Waals surface area contributed by atoms with Crippen LogP contribution in [0.4, 0.5) is 11.4 Å². The second kappa shape index (κ2) is 9.54. The number of amides is 3. The molecule has 34 heavy (non-hydrogen) atoms. The lowest BCUT2D eigenvalue weighted by molar-refractivity contribution is -0.123. The Balaban J connectivity index is 1.37. The molecule has 2 aromatic rings. The molecule has 0 saturated carbocycles. The van der Waals surface area contributed by atoms with Crippen molar-refractivity contribution in [2.45, 2.75) is 27.2 Å². The van der Waals surface area contributed by atoms with Crippen LogP contribution < -0.4 is 10.2 Å². The van der Waals surface area contributed by atoms with E-state index in [-0.39, 0.29) is 35.1 Å². The van der Waals surface area contributed by atoms with E-state index in [1.165, 1.54) is 17.0 Å². The fourth-order valence-electron chi connectivity index (χ4n) is 4.58. The molecular weight excluding hydrogens is 500 g/mol. The number of nitrogens with one attached hydrogen (secondary N) is 1. The number of hydrogen-bond donors (Lipinski definition) is 1. The SMILES string of the molecule is Cc1cc(NC(=O)COC(=O)c2ccc(N3C(=O)[C@H]4[C@H](C)C=CC[C@H]4C3=O)cc2)cc(C)c1Br. The van der Waals surface area contributed by atoms with Gasteiger partial charge in [0.15, 0.2) is 6.61 Å². The summed E-state index contributed by atoms with van der Waals surface area (Å²) < 4.78 is 6.10. The maximum Gasteiger partial charge on any atom is 0.338 e. The van der Waals surface area contributed by atoms with Crippen LogP contribution in [0.15, 0.2) is 53.0 Å². The van der Waals surface area contributed by atoms with E-state index >= 15 is 0 Å². The van der Waals surface area contributed by atoms with Gasteiger partial charge in [-0.05, 0) is 73.7 Å². The van der Waals surface area contributed by atoms with Gasteiger partial charge in [-0.2, -0.15) is 0 Å². The maximum atomic E-state index is 12.9. The van der Waals surface area contributed by atoms with Crippen molar-refractivity contribution in [3.05, 3.63) is 69.7 Å². The van der Waals surface area contributed by atoms with Crippen LogP contribution in [0.25, 0.3) is 0 Å². The minimum Gasteiger partial charge on any atom is -0.452 e. The van der Waals surface area contributed by atoms with E-state index < -0.39 is 18.5 Å². The average molecular weight is 525 g/mol. The third-order valence-corrected chi connectivity index (χ3v) is 7.54. The van der Waals surface area contributed by atoms with Gasteiger partial charge >= 0.3 is 5.97 Å². The Morgan fingerprint density at radius 3 is 2.35 bits per heavy atom. The zero-order valence-corrected chi connectivity index (χ0v) is 20.7. The normalized spacial score (nSPS) is 21.4. The Labute approximate surface area is 206 Å². The smallest absolute Gasteiger partial charge is 0.338 e. The molecule has 1 heterocycles. The van der Waals surface area contributed by atoms with Crippen molar-refractivity contribution < 1.29 is 23.9 Å². The first-order chi connectivity index (χ1) is 16.2. The van der Waals surface area contributed by atoms with Crippen molar-refractivity contribution in [3.63, 3.8) is 0 Å². The molecule has 7 nitrogen and oxygen atoms in total. The topological polar surface area (TPSA) is 92.8 Å². The van der Waals surface area contributed by atoms with Crippen LogP contribution in [-0.4, -0.2) is 30.3 Å². The molecule has 1 fully saturated rings. The van der Waals surface area contributed by atoms with Gasteiger partial charge in [-0.3, -0.25) is 19.3 Å². The number of halogens is 1. The molecule has 1 N–H and O–H groups in total. The van der Waals surface area contributed by atoms with Crippen molar-refractivity contribution in [3.8, 4) is 0 Å². The summed E-state index contributed by atoms with van der Waals surface area (Å²) in [7, 11) is 0. The number of benzene rings is 2. The number of ether oxygens (including phenoxy) is 1. The van der Waals surface area contributed by atoms with Gasteiger partial charge in [-0.15, -0.1) is 0 Å². The Bertz CT molecular complexity index is 1180. The minimum absolute atomic E-state index is 0.00540. The van der Waals surface area contributed by atoms with Gasteiger partial charge < -0.3 is 10.1 Å². The molecule has 0 unspecified atom stereocenters. The number of anilines is 2. The molecule has 0 radical (unpaired) electrons. The first-order valence-corrected chi connectivity index (χ1v) is 11.8. The van der Waals surface area contributed by atoms with Crippen LogP contribution in [0.2, 0.25) is 0 Å². The fourth-order valence-corrected chi connectivity index (χ4v) is 4.81. The summed E-state index contributed by atoms with van der Waals surface area (Å²) >= 11 is 3.48. The Kier molecular flexibility index (Phi) is 6.70. The van der Waals surface area contributed by atoms with Crippen LogP contribution >= 0.6 is 15.9 Å². The summed E-state index contributed by atoms with van der Waals surface area (Å²) in [5, 5.41) is 2.72. The summed E-state index contributed by atoms with van der Waals surface area (Å²) in [4.78, 5) is 51.6. The van der Waals surface area contributed by atoms with Crippen molar-refractivity contribution in [2.75, 3.05) is 16.8 Å². The molecule has 2 aliphatic rings. The van der Waals surface area contributed by atoms with E-state index in [0.29, 0.717) is 17.8 Å². The molecule has 1 aliphatic heterocycles. The number of carbonyl (C=O) groups excluding carboxylic acids is 4. The van der Waals surface area contributed by atoms with Gasteiger partial charge in [0.1, 0.15) is 0 Å². The molecular formula is C26H25BrN2O5. The van der Waals surface area contributed by atoms with Gasteiger partial charge in [-0.1, -0.05) is 35.0 Å². The second-order valence-electron chi connectivity index (χ2n) is 8.76. The predicted octanol–water partition coefficient (Wildman–Crippen LogP) is 4.56. The number of aryl methyl sites for hydroxylation is 2. The number of esters is 1. The minimum atomic E-state index is -0.671. The highest BCUT2D eigenvalue weighted by atomic mass is 79.9. The first kappa shape index (κ1) is 23.9. The zero-order chi connectivity index (χ0) is 24.6. The highest BCUT2D eigenvalue weighted by molar-refractivity contribution is 9.10. The standard InChI is InChI=1S/C26H25BrN2O5/c1-14-5-4-6-20-22(14)25(32)29(24(20)31)19-9-7-17(8-10-19)26(33)34-13-21(30)28-18-11-15(2)23(27)16(3)12-18/h4-5,7-12,14,20,22H,6,13H2,1-3H3,(H,28,30)/t14-,20-,22+/m1/s1. The molecule has 3 amide bonds. The molecule has 8 heteroatoms. The van der Waals surface area contributed by atoms with Crippen LogP contribution in [0, 0.1) is 31.6 Å². The number of allylic oxidation sites excluding steroid dienone is 2. The zero-order valence-electron chi connectivity index (χ0n) is 19.1. The number of nitrogens with zero attached hydrogens (tertiary/aromatic N) is 1. The van der Waals surface area contributed by atoms with Gasteiger partial charge in [0.2, 0.25) is 11.8 Å². The van der Waals surface area contributed by atoms with E-state index in [9.17, 15) is 19.2 Å². The number of fused-ring (bicyclic) bond motifs is 1. The van der Waals surface area contributed by atoms with Crippen molar-refractivity contribution in [1.82, 2.24) is 0 Å². The lowest BCUT2D eigenvalue weighted by Crippen LogP contribution is -2.31. The summed E-state index contributed by atoms with van der Waals surface area (Å²) in [5.41, 5.74) is 3.22. The monoisotopic (exact) mass is 524 g/mol. The first-order valence-electron chi connectivity index (χ1n) is 11.1. The summed E-state index contributed by atoms with van der Waals surface area (Å²) in [6.45, 7) is 5.35. The highest BCUT2D eigenvalue weighted by Gasteiger charge is 2.50. The molecule has 3 atom stereocenters. The van der Waals surface area contributed by atoms with Gasteiger partial charge in [0.05, 0.1) is 23.1 Å². The predicted molar refractivity (Wildman–Crippen MR) is 131 cm³/mol. The van der Waals surface area contributed by atoms with Crippen molar-refractivity contribution >= 4 is 51.0 Å². The van der Waals surface area contributed by atoms with Crippen molar-refractivity contribution in [1.29, 1.82) is 0 Å². The summed E-state index contributed by atoms with van der Waals surface area (Å²) in [6.07, 6.45) is 4.49. The molecule has 0 aromatic heterocycles. The van der Waals surface area contributed by atoms with Gasteiger partial charge in [-0.25, -0.2) is 4.79 Å². The number of hydrogen-bond acceptors (Lipinski definition) is 5. The Hall–Kier alpha value is -3.26. The van der Waals surface area contributed by atoms with Gasteiger partial charge in [0, 0.05) is 10.2 Å². The maximum absolute atomic E-state index is 12.9. The lowest BCUT2D eigenvalue weighted by atomic mass is 9.78. The third kappa shape index (κ3) is 4.55. The molecule has 4 rings (SSSR count). The van der Waals surface area contributed by atoms with E-state index in [1.807, 2.05) is 45.1 Å². The summed E-state index contributed by atoms with van der Waals surface area (Å²) in [5.74, 6) is -2.23. The quantitative estimate of drug-likeness (QED) is 0.351.